The van der Waals surface area contributed by atoms with Crippen LogP contribution in [0, 0.1) is 0 Å². The molecule has 0 aromatic heterocycles. The van der Waals surface area contributed by atoms with Gasteiger partial charge in [0, 0.05) is 12.6 Å². The summed E-state index contributed by atoms with van der Waals surface area (Å²) in [6.45, 7) is 1.17. The molecule has 0 radical (unpaired) electrons. The van der Waals surface area contributed by atoms with E-state index in [1.54, 1.807) is 0 Å². The van der Waals surface area contributed by atoms with Crippen LogP contribution in [-0.2, 0) is 9.84 Å². The van der Waals surface area contributed by atoms with Gasteiger partial charge in [-0.1, -0.05) is 0 Å². The molecule has 1 aliphatic heterocycles. The summed E-state index contributed by atoms with van der Waals surface area (Å²) in [4.78, 5) is 0. The van der Waals surface area contributed by atoms with Crippen molar-refractivity contribution in [2.24, 2.45) is 5.73 Å². The van der Waals surface area contributed by atoms with Gasteiger partial charge in [-0.3, -0.25) is 0 Å². The minimum absolute atomic E-state index is 0.0394. The predicted octanol–water partition coefficient (Wildman–Crippen LogP) is -1.28. The molecule has 0 spiro atoms. The summed E-state index contributed by atoms with van der Waals surface area (Å²) in [7, 11) is -2.82. The van der Waals surface area contributed by atoms with E-state index in [0.29, 0.717) is 18.7 Å². The van der Waals surface area contributed by atoms with Crippen molar-refractivity contribution >= 4 is 9.84 Å². The van der Waals surface area contributed by atoms with Crippen LogP contribution in [0.15, 0.2) is 0 Å². The van der Waals surface area contributed by atoms with Gasteiger partial charge in [-0.05, 0) is 13.0 Å². The first kappa shape index (κ1) is 8.96. The number of hydrogen-bond acceptors (Lipinski definition) is 4. The van der Waals surface area contributed by atoms with Crippen molar-refractivity contribution in [3.8, 4) is 0 Å². The minimum atomic E-state index is -2.82. The Balaban J connectivity index is 2.61. The molecule has 1 rings (SSSR count). The zero-order valence-electron chi connectivity index (χ0n) is 6.41. The molecule has 5 heteroatoms. The van der Waals surface area contributed by atoms with Crippen LogP contribution in [0.2, 0.25) is 0 Å². The second-order valence-corrected chi connectivity index (χ2v) is 5.08. The maximum Gasteiger partial charge on any atom is 0.151 e. The van der Waals surface area contributed by atoms with E-state index in [1.807, 2.05) is 0 Å². The first-order valence-electron chi connectivity index (χ1n) is 3.78. The zero-order chi connectivity index (χ0) is 8.32. The average Bonchev–Trinajstić information content (AvgIpc) is 2.10. The molecule has 0 bridgehead atoms. The highest BCUT2D eigenvalue weighted by Crippen LogP contribution is 2.01. The van der Waals surface area contributed by atoms with E-state index >= 15 is 0 Å². The number of sulfone groups is 1. The molecule has 0 aromatic rings. The van der Waals surface area contributed by atoms with Crippen LogP contribution in [0.25, 0.3) is 0 Å². The monoisotopic (exact) mass is 178 g/mol. The van der Waals surface area contributed by atoms with Crippen molar-refractivity contribution < 1.29 is 8.42 Å². The molecule has 0 aliphatic carbocycles. The fraction of sp³-hybridized carbons (Fsp3) is 1.00. The molecular weight excluding hydrogens is 164 g/mol. The van der Waals surface area contributed by atoms with Gasteiger partial charge < -0.3 is 11.1 Å². The van der Waals surface area contributed by atoms with Gasteiger partial charge in [-0.15, -0.1) is 0 Å². The maximum absolute atomic E-state index is 11.1. The second-order valence-electron chi connectivity index (χ2n) is 2.85. The maximum atomic E-state index is 11.1. The van der Waals surface area contributed by atoms with E-state index in [4.69, 9.17) is 5.73 Å². The Hall–Kier alpha value is -0.130. The highest BCUT2D eigenvalue weighted by molar-refractivity contribution is 7.91. The molecule has 4 nitrogen and oxygen atoms in total. The molecule has 1 atom stereocenters. The quantitative estimate of drug-likeness (QED) is 0.525. The van der Waals surface area contributed by atoms with Crippen LogP contribution in [0.1, 0.15) is 6.42 Å². The van der Waals surface area contributed by atoms with Gasteiger partial charge in [0.1, 0.15) is 0 Å². The lowest BCUT2D eigenvalue weighted by Crippen LogP contribution is -2.39. The molecule has 66 valence electrons. The molecule has 0 aromatic carbocycles. The third kappa shape index (κ3) is 2.76. The summed E-state index contributed by atoms with van der Waals surface area (Å²) in [5.41, 5.74) is 5.37. The van der Waals surface area contributed by atoms with Gasteiger partial charge in [0.2, 0.25) is 0 Å². The Morgan fingerprint density at radius 2 is 2.27 bits per heavy atom. The van der Waals surface area contributed by atoms with Crippen LogP contribution >= 0.6 is 0 Å². The highest BCUT2D eigenvalue weighted by Gasteiger charge is 2.20. The fourth-order valence-electron chi connectivity index (χ4n) is 1.20. The first-order valence-corrected chi connectivity index (χ1v) is 5.60. The van der Waals surface area contributed by atoms with E-state index in [1.165, 1.54) is 0 Å². The fourth-order valence-corrected chi connectivity index (χ4v) is 2.82. The zero-order valence-corrected chi connectivity index (χ0v) is 7.23. The SMILES string of the molecule is NCC1CS(=O)(=O)CCCN1. The van der Waals surface area contributed by atoms with Crippen molar-refractivity contribution in [3.05, 3.63) is 0 Å². The summed E-state index contributed by atoms with van der Waals surface area (Å²) in [6.07, 6.45) is 0.707. The average molecular weight is 178 g/mol. The lowest BCUT2D eigenvalue weighted by Gasteiger charge is -2.11. The van der Waals surface area contributed by atoms with E-state index in [-0.39, 0.29) is 11.8 Å². The lowest BCUT2D eigenvalue weighted by molar-refractivity contribution is 0.559. The molecule has 1 heterocycles. The van der Waals surface area contributed by atoms with Crippen molar-refractivity contribution in [1.82, 2.24) is 5.32 Å². The number of rotatable bonds is 1. The van der Waals surface area contributed by atoms with E-state index in [0.717, 1.165) is 6.54 Å². The molecule has 11 heavy (non-hydrogen) atoms. The van der Waals surface area contributed by atoms with Crippen LogP contribution < -0.4 is 11.1 Å². The second kappa shape index (κ2) is 3.51. The van der Waals surface area contributed by atoms with E-state index < -0.39 is 9.84 Å². The van der Waals surface area contributed by atoms with Gasteiger partial charge in [-0.25, -0.2) is 8.42 Å². The van der Waals surface area contributed by atoms with Crippen LogP contribution in [-0.4, -0.2) is 39.1 Å². The third-order valence-corrected chi connectivity index (χ3v) is 3.63. The van der Waals surface area contributed by atoms with Crippen molar-refractivity contribution in [2.45, 2.75) is 12.5 Å². The lowest BCUT2D eigenvalue weighted by atomic mass is 10.3. The first-order chi connectivity index (χ1) is 5.14. The standard InChI is InChI=1S/C6H14N2O2S/c7-4-6-5-11(9,10)3-1-2-8-6/h6,8H,1-5,7H2. The molecule has 1 saturated heterocycles. The molecule has 3 N–H and O–H groups in total. The molecule has 0 saturated carbocycles. The number of nitrogens with one attached hydrogen (secondary N) is 1. The van der Waals surface area contributed by atoms with Gasteiger partial charge >= 0.3 is 0 Å². The van der Waals surface area contributed by atoms with E-state index in [2.05, 4.69) is 5.32 Å². The Labute approximate surface area is 67.1 Å². The minimum Gasteiger partial charge on any atom is -0.329 e. The van der Waals surface area contributed by atoms with Crippen LogP contribution in [0.5, 0.6) is 0 Å². The van der Waals surface area contributed by atoms with Gasteiger partial charge in [0.05, 0.1) is 11.5 Å². The Bertz CT molecular complexity index is 213. The Morgan fingerprint density at radius 1 is 1.55 bits per heavy atom. The molecule has 0 amide bonds. The summed E-state index contributed by atoms with van der Waals surface area (Å²) < 4.78 is 22.3. The van der Waals surface area contributed by atoms with Crippen LogP contribution in [0.3, 0.4) is 0 Å². The highest BCUT2D eigenvalue weighted by atomic mass is 32.2. The third-order valence-electron chi connectivity index (χ3n) is 1.80. The van der Waals surface area contributed by atoms with Gasteiger partial charge in [0.25, 0.3) is 0 Å². The summed E-state index contributed by atoms with van der Waals surface area (Å²) in [5.74, 6) is 0.500. The Morgan fingerprint density at radius 3 is 2.91 bits per heavy atom. The van der Waals surface area contributed by atoms with Crippen molar-refractivity contribution in [1.29, 1.82) is 0 Å². The summed E-state index contributed by atoms with van der Waals surface area (Å²) in [6, 6.07) is -0.0394. The largest absolute Gasteiger partial charge is 0.329 e. The van der Waals surface area contributed by atoms with E-state index in [9.17, 15) is 8.42 Å². The topological polar surface area (TPSA) is 72.2 Å². The van der Waals surface area contributed by atoms with Crippen molar-refractivity contribution in [3.63, 3.8) is 0 Å². The number of nitrogens with two attached hydrogens (primary N) is 1. The molecule has 1 aliphatic rings. The summed E-state index contributed by atoms with van der Waals surface area (Å²) >= 11 is 0. The van der Waals surface area contributed by atoms with Gasteiger partial charge in [0.15, 0.2) is 9.84 Å². The summed E-state index contributed by atoms with van der Waals surface area (Å²) in [5, 5.41) is 3.08. The predicted molar refractivity (Wildman–Crippen MR) is 44.1 cm³/mol. The van der Waals surface area contributed by atoms with Crippen LogP contribution in [0.4, 0.5) is 0 Å². The smallest absolute Gasteiger partial charge is 0.151 e. The normalized spacial score (nSPS) is 31.2. The molecular formula is C6H14N2O2S. The Kier molecular flexibility index (Phi) is 2.86. The van der Waals surface area contributed by atoms with Crippen molar-refractivity contribution in [2.75, 3.05) is 24.6 Å². The molecule has 1 fully saturated rings. The van der Waals surface area contributed by atoms with Gasteiger partial charge in [-0.2, -0.15) is 0 Å². The molecule has 1 unspecified atom stereocenters. The number of hydrogen-bond donors (Lipinski definition) is 2.